The molecule has 0 saturated carbocycles. The number of carboxylic acids is 1. The molecule has 74 valence electrons. The van der Waals surface area contributed by atoms with Crippen LogP contribution in [0.2, 0.25) is 0 Å². The van der Waals surface area contributed by atoms with E-state index in [1.54, 1.807) is 0 Å². The van der Waals surface area contributed by atoms with Gasteiger partial charge in [0, 0.05) is 11.9 Å². The number of thioether (sulfide) groups is 1. The lowest BCUT2D eigenvalue weighted by atomic mass is 10.3. The Kier molecular flexibility index (Phi) is 5.70. The van der Waals surface area contributed by atoms with Gasteiger partial charge >= 0.3 is 5.97 Å². The number of nitrogens with two attached hydrogens (primary N) is 1. The molecule has 0 saturated heterocycles. The Labute approximate surface area is 84.9 Å². The highest BCUT2D eigenvalue weighted by Crippen LogP contribution is 2.23. The summed E-state index contributed by atoms with van der Waals surface area (Å²) >= 11 is 1.42. The Bertz CT molecular complexity index is 169. The normalized spacial score (nSPS) is 14.4. The summed E-state index contributed by atoms with van der Waals surface area (Å²) in [6.45, 7) is 4.07. The lowest BCUT2D eigenvalue weighted by Gasteiger charge is -2.18. The van der Waals surface area contributed by atoms with Gasteiger partial charge in [-0.25, -0.2) is 0 Å². The van der Waals surface area contributed by atoms with Gasteiger partial charge in [0.05, 0.1) is 0 Å². The number of hydrogen-bond donors (Lipinski definition) is 2. The number of halogens is 1. The van der Waals surface area contributed by atoms with Crippen molar-refractivity contribution in [3.8, 4) is 0 Å². The Morgan fingerprint density at radius 3 is 2.67 bits per heavy atom. The molecule has 0 aliphatic heterocycles. The molecule has 5 heteroatoms. The van der Waals surface area contributed by atoms with Gasteiger partial charge in [-0.2, -0.15) is 11.8 Å². The SMILES string of the molecule is Cl.[2H]CC(C)(C)SC[C@H](N)C(=O)O. The van der Waals surface area contributed by atoms with Crippen molar-refractivity contribution in [1.29, 1.82) is 0 Å². The second-order valence-electron chi connectivity index (χ2n) is 3.02. The smallest absolute Gasteiger partial charge is 0.321 e. The summed E-state index contributed by atoms with van der Waals surface area (Å²) in [4.78, 5) is 10.3. The Balaban J connectivity index is 0. The molecule has 0 amide bonds. The summed E-state index contributed by atoms with van der Waals surface area (Å²) < 4.78 is 6.95. The van der Waals surface area contributed by atoms with E-state index < -0.39 is 12.0 Å². The van der Waals surface area contributed by atoms with Crippen molar-refractivity contribution in [2.24, 2.45) is 5.73 Å². The second-order valence-corrected chi connectivity index (χ2v) is 4.74. The summed E-state index contributed by atoms with van der Waals surface area (Å²) in [7, 11) is 0. The summed E-state index contributed by atoms with van der Waals surface area (Å²) in [5.41, 5.74) is 5.30. The van der Waals surface area contributed by atoms with Crippen LogP contribution in [0.4, 0.5) is 0 Å². The van der Waals surface area contributed by atoms with E-state index in [0.717, 1.165) is 0 Å². The molecule has 0 spiro atoms. The molecule has 0 aliphatic carbocycles. The first-order valence-electron chi connectivity index (χ1n) is 4.01. The standard InChI is InChI=1S/C7H15NO2S.ClH/c1-7(2,3)11-4-5(8)6(9)10;/h5H,4,8H2,1-3H3,(H,9,10);1H/t5-;/m0./s1/i1D;. The Morgan fingerprint density at radius 2 is 2.33 bits per heavy atom. The fourth-order valence-corrected chi connectivity index (χ4v) is 1.16. The van der Waals surface area contributed by atoms with E-state index >= 15 is 0 Å². The van der Waals surface area contributed by atoms with Crippen molar-refractivity contribution in [3.05, 3.63) is 0 Å². The molecule has 0 aromatic carbocycles. The molecular weight excluding hydrogens is 198 g/mol. The maximum Gasteiger partial charge on any atom is 0.321 e. The molecule has 0 unspecified atom stereocenters. The third kappa shape index (κ3) is 8.17. The molecule has 0 fully saturated rings. The van der Waals surface area contributed by atoms with E-state index in [1.807, 2.05) is 13.8 Å². The van der Waals surface area contributed by atoms with Gasteiger partial charge in [-0.05, 0) is 0 Å². The van der Waals surface area contributed by atoms with Crippen molar-refractivity contribution in [2.45, 2.75) is 31.5 Å². The molecule has 0 bridgehead atoms. The predicted octanol–water partition coefficient (Wildman–Crippen LogP) is 1.35. The lowest BCUT2D eigenvalue weighted by molar-refractivity contribution is -0.137. The van der Waals surface area contributed by atoms with Crippen LogP contribution in [0.5, 0.6) is 0 Å². The summed E-state index contributed by atoms with van der Waals surface area (Å²) in [6.07, 6.45) is 0. The molecular formula is C7H16ClNO2S. The van der Waals surface area contributed by atoms with Crippen LogP contribution in [0.15, 0.2) is 0 Å². The minimum atomic E-state index is -0.983. The number of carboxylic acid groups (broad SMARTS) is 1. The van der Waals surface area contributed by atoms with E-state index in [9.17, 15) is 4.79 Å². The number of aliphatic carboxylic acids is 1. The third-order valence-electron chi connectivity index (χ3n) is 0.971. The van der Waals surface area contributed by atoms with Crippen LogP contribution >= 0.6 is 24.2 Å². The highest BCUT2D eigenvalue weighted by molar-refractivity contribution is 8.00. The highest BCUT2D eigenvalue weighted by Gasteiger charge is 2.16. The molecule has 3 N–H and O–H groups in total. The van der Waals surface area contributed by atoms with Gasteiger partial charge in [-0.1, -0.05) is 20.7 Å². The van der Waals surface area contributed by atoms with E-state index in [0.29, 0.717) is 5.75 Å². The quantitative estimate of drug-likeness (QED) is 0.745. The lowest BCUT2D eigenvalue weighted by Crippen LogP contribution is -2.33. The van der Waals surface area contributed by atoms with Crippen LogP contribution < -0.4 is 5.73 Å². The van der Waals surface area contributed by atoms with Crippen molar-refractivity contribution in [1.82, 2.24) is 0 Å². The maximum absolute atomic E-state index is 10.3. The molecule has 1 atom stereocenters. The van der Waals surface area contributed by atoms with Gasteiger partial charge in [0.1, 0.15) is 6.04 Å². The van der Waals surface area contributed by atoms with Crippen molar-refractivity contribution >= 4 is 30.1 Å². The van der Waals surface area contributed by atoms with Crippen molar-refractivity contribution < 1.29 is 11.3 Å². The zero-order valence-electron chi connectivity index (χ0n) is 8.24. The summed E-state index contributed by atoms with van der Waals surface area (Å²) in [6, 6.07) is -0.819. The van der Waals surface area contributed by atoms with Crippen LogP contribution in [0.25, 0.3) is 0 Å². The fraction of sp³-hybridized carbons (Fsp3) is 0.857. The van der Waals surface area contributed by atoms with Crippen LogP contribution in [-0.4, -0.2) is 27.6 Å². The van der Waals surface area contributed by atoms with E-state index in [2.05, 4.69) is 0 Å². The molecule has 3 nitrogen and oxygen atoms in total. The van der Waals surface area contributed by atoms with Crippen LogP contribution in [0.1, 0.15) is 22.1 Å². The maximum atomic E-state index is 10.3. The molecule has 0 heterocycles. The largest absolute Gasteiger partial charge is 0.480 e. The third-order valence-corrected chi connectivity index (χ3v) is 2.28. The predicted molar refractivity (Wildman–Crippen MR) is 55.1 cm³/mol. The van der Waals surface area contributed by atoms with Crippen LogP contribution in [-0.2, 0) is 4.79 Å². The summed E-state index contributed by atoms with van der Waals surface area (Å²) in [5, 5.41) is 8.47. The zero-order chi connectivity index (χ0) is 9.78. The first-order valence-corrected chi connectivity index (χ1v) is 4.29. The monoisotopic (exact) mass is 214 g/mol. The summed E-state index contributed by atoms with van der Waals surface area (Å²) in [5.74, 6) is -0.621. The van der Waals surface area contributed by atoms with Gasteiger partial charge in [0.15, 0.2) is 0 Å². The van der Waals surface area contributed by atoms with E-state index in [4.69, 9.17) is 12.2 Å². The number of carbonyl (C=O) groups is 1. The first kappa shape index (κ1) is 12.1. The van der Waals surface area contributed by atoms with Crippen molar-refractivity contribution in [3.63, 3.8) is 0 Å². The van der Waals surface area contributed by atoms with E-state index in [1.165, 1.54) is 11.8 Å². The van der Waals surface area contributed by atoms with Gasteiger partial charge < -0.3 is 10.8 Å². The van der Waals surface area contributed by atoms with Gasteiger partial charge in [-0.3, -0.25) is 4.79 Å². The molecule has 12 heavy (non-hydrogen) atoms. The average Bonchev–Trinajstić information content (AvgIpc) is 2.00. The fourth-order valence-electron chi connectivity index (χ4n) is 0.387. The van der Waals surface area contributed by atoms with E-state index in [-0.39, 0.29) is 24.1 Å². The minimum absolute atomic E-state index is 0. The van der Waals surface area contributed by atoms with Gasteiger partial charge in [-0.15, -0.1) is 12.4 Å². The topological polar surface area (TPSA) is 63.3 Å². The van der Waals surface area contributed by atoms with Crippen LogP contribution in [0.3, 0.4) is 0 Å². The van der Waals surface area contributed by atoms with Crippen molar-refractivity contribution in [2.75, 3.05) is 5.75 Å². The highest BCUT2D eigenvalue weighted by atomic mass is 35.5. The zero-order valence-corrected chi connectivity index (χ0v) is 8.87. The minimum Gasteiger partial charge on any atom is -0.480 e. The number of hydrogen-bond acceptors (Lipinski definition) is 3. The molecule has 0 rings (SSSR count). The average molecular weight is 215 g/mol. The molecule has 0 aromatic rings. The Hall–Kier alpha value is 0.0700. The number of rotatable bonds is 3. The van der Waals surface area contributed by atoms with Crippen LogP contribution in [0, 0.1) is 0 Å². The second kappa shape index (κ2) is 5.67. The molecule has 0 radical (unpaired) electrons. The molecule has 0 aromatic heterocycles. The molecule has 0 aliphatic rings. The first-order chi connectivity index (χ1) is 5.39. The van der Waals surface area contributed by atoms with Gasteiger partial charge in [0.2, 0.25) is 0 Å². The Morgan fingerprint density at radius 1 is 1.83 bits per heavy atom. The van der Waals surface area contributed by atoms with Gasteiger partial charge in [0.25, 0.3) is 0 Å².